The van der Waals surface area contributed by atoms with Crippen molar-refractivity contribution in [3.8, 4) is 5.75 Å². The molecular formula is C17H17BrO2. The molecule has 20 heavy (non-hydrogen) atoms. The molecule has 3 heteroatoms. The number of aryl methyl sites for hydroxylation is 2. The molecule has 2 aromatic carbocycles. The zero-order chi connectivity index (χ0) is 14.3. The number of hydrogen-bond acceptors (Lipinski definition) is 2. The van der Waals surface area contributed by atoms with Gasteiger partial charge >= 0.3 is 0 Å². The van der Waals surface area contributed by atoms with Crippen LogP contribution in [0.4, 0.5) is 0 Å². The molecule has 1 N–H and O–H groups in total. The standard InChI is InChI=1S/C17H17BrO2/c1-10-4-6-16-13(7-10)15(19)9-17(20-16)12-5-3-11(2)8-14(12)18/h3-8,15,17,19H,9H2,1-2H3/t15-,17?/m0/s1. The van der Waals surface area contributed by atoms with Crippen LogP contribution in [-0.4, -0.2) is 5.11 Å². The topological polar surface area (TPSA) is 29.5 Å². The van der Waals surface area contributed by atoms with Crippen molar-refractivity contribution in [1.82, 2.24) is 0 Å². The van der Waals surface area contributed by atoms with Gasteiger partial charge in [0, 0.05) is 22.0 Å². The minimum Gasteiger partial charge on any atom is -0.485 e. The molecule has 1 aliphatic rings. The number of rotatable bonds is 1. The smallest absolute Gasteiger partial charge is 0.128 e. The third-order valence-electron chi connectivity index (χ3n) is 3.73. The SMILES string of the molecule is Cc1ccc(C2C[C@H](O)c3cc(C)ccc3O2)c(Br)c1. The molecule has 2 nitrogen and oxygen atoms in total. The molecule has 1 aliphatic heterocycles. The second kappa shape index (κ2) is 5.23. The summed E-state index contributed by atoms with van der Waals surface area (Å²) in [6, 6.07) is 12.2. The monoisotopic (exact) mass is 332 g/mol. The molecule has 104 valence electrons. The van der Waals surface area contributed by atoms with Crippen molar-refractivity contribution in [1.29, 1.82) is 0 Å². The average molecular weight is 333 g/mol. The van der Waals surface area contributed by atoms with Crippen LogP contribution >= 0.6 is 15.9 Å². The van der Waals surface area contributed by atoms with Crippen LogP contribution in [0.2, 0.25) is 0 Å². The van der Waals surface area contributed by atoms with E-state index in [4.69, 9.17) is 4.74 Å². The van der Waals surface area contributed by atoms with E-state index in [-0.39, 0.29) is 6.10 Å². The fraction of sp³-hybridized carbons (Fsp3) is 0.294. The van der Waals surface area contributed by atoms with Gasteiger partial charge in [-0.15, -0.1) is 0 Å². The average Bonchev–Trinajstić information content (AvgIpc) is 2.39. The van der Waals surface area contributed by atoms with Crippen LogP contribution in [0.1, 0.15) is 40.9 Å². The van der Waals surface area contributed by atoms with Crippen molar-refractivity contribution in [2.45, 2.75) is 32.5 Å². The maximum absolute atomic E-state index is 10.4. The molecule has 1 heterocycles. The van der Waals surface area contributed by atoms with Crippen LogP contribution in [0.5, 0.6) is 5.75 Å². The van der Waals surface area contributed by atoms with E-state index >= 15 is 0 Å². The predicted molar refractivity (Wildman–Crippen MR) is 83.0 cm³/mol. The van der Waals surface area contributed by atoms with Crippen LogP contribution in [-0.2, 0) is 0 Å². The summed E-state index contributed by atoms with van der Waals surface area (Å²) in [6.45, 7) is 4.08. The van der Waals surface area contributed by atoms with Crippen molar-refractivity contribution in [2.75, 3.05) is 0 Å². The van der Waals surface area contributed by atoms with E-state index in [9.17, 15) is 5.11 Å². The lowest BCUT2D eigenvalue weighted by Gasteiger charge is -2.30. The van der Waals surface area contributed by atoms with Crippen molar-refractivity contribution < 1.29 is 9.84 Å². The first kappa shape index (κ1) is 13.7. The Hall–Kier alpha value is -1.32. The van der Waals surface area contributed by atoms with Gasteiger partial charge in [-0.3, -0.25) is 0 Å². The fourth-order valence-corrected chi connectivity index (χ4v) is 3.40. The van der Waals surface area contributed by atoms with E-state index < -0.39 is 6.10 Å². The van der Waals surface area contributed by atoms with E-state index in [1.807, 2.05) is 25.1 Å². The van der Waals surface area contributed by atoms with Gasteiger partial charge in [-0.1, -0.05) is 39.7 Å². The summed E-state index contributed by atoms with van der Waals surface area (Å²) in [7, 11) is 0. The second-order valence-corrected chi connectivity index (χ2v) is 6.28. The molecule has 2 atom stereocenters. The van der Waals surface area contributed by atoms with Crippen molar-refractivity contribution in [2.24, 2.45) is 0 Å². The van der Waals surface area contributed by atoms with Crippen LogP contribution < -0.4 is 4.74 Å². The number of benzene rings is 2. The molecule has 3 rings (SSSR count). The van der Waals surface area contributed by atoms with Crippen molar-refractivity contribution >= 4 is 15.9 Å². The minimum absolute atomic E-state index is 0.116. The molecular weight excluding hydrogens is 316 g/mol. The normalized spacial score (nSPS) is 21.2. The van der Waals surface area contributed by atoms with Gasteiger partial charge in [0.05, 0.1) is 6.10 Å². The Bertz CT molecular complexity index is 651. The lowest BCUT2D eigenvalue weighted by molar-refractivity contribution is 0.0653. The molecule has 0 bridgehead atoms. The van der Waals surface area contributed by atoms with Crippen LogP contribution in [0.25, 0.3) is 0 Å². The Morgan fingerprint density at radius 1 is 1.05 bits per heavy atom. The molecule has 0 aliphatic carbocycles. The van der Waals surface area contributed by atoms with Gasteiger partial charge in [-0.05, 0) is 37.6 Å². The van der Waals surface area contributed by atoms with Crippen LogP contribution in [0, 0.1) is 13.8 Å². The minimum atomic E-state index is -0.475. The predicted octanol–water partition coefficient (Wildman–Crippen LogP) is 4.62. The van der Waals surface area contributed by atoms with Gasteiger partial charge in [-0.2, -0.15) is 0 Å². The molecule has 0 spiro atoms. The highest BCUT2D eigenvalue weighted by Crippen LogP contribution is 2.42. The number of hydrogen-bond donors (Lipinski definition) is 1. The summed E-state index contributed by atoms with van der Waals surface area (Å²) < 4.78 is 7.11. The van der Waals surface area contributed by atoms with E-state index in [2.05, 4.69) is 41.1 Å². The van der Waals surface area contributed by atoms with Gasteiger partial charge < -0.3 is 9.84 Å². The fourth-order valence-electron chi connectivity index (χ4n) is 2.65. The highest BCUT2D eigenvalue weighted by Gasteiger charge is 2.29. The Balaban J connectivity index is 1.97. The Labute approximate surface area is 127 Å². The van der Waals surface area contributed by atoms with Gasteiger partial charge in [0.15, 0.2) is 0 Å². The summed E-state index contributed by atoms with van der Waals surface area (Å²) in [5.41, 5.74) is 4.32. The maximum atomic E-state index is 10.4. The first-order valence-electron chi connectivity index (χ1n) is 6.76. The van der Waals surface area contributed by atoms with Crippen molar-refractivity contribution in [3.63, 3.8) is 0 Å². The molecule has 0 aromatic heterocycles. The molecule has 0 radical (unpaired) electrons. The summed E-state index contributed by atoms with van der Waals surface area (Å²) in [5, 5.41) is 10.4. The summed E-state index contributed by atoms with van der Waals surface area (Å²) in [6.07, 6.45) is -0.00925. The van der Waals surface area contributed by atoms with Gasteiger partial charge in [0.25, 0.3) is 0 Å². The zero-order valence-corrected chi connectivity index (χ0v) is 13.1. The zero-order valence-electron chi connectivity index (χ0n) is 11.6. The quantitative estimate of drug-likeness (QED) is 0.825. The van der Waals surface area contributed by atoms with Gasteiger partial charge in [0.2, 0.25) is 0 Å². The molecule has 0 saturated heterocycles. The third kappa shape index (κ3) is 2.48. The lowest BCUT2D eigenvalue weighted by Crippen LogP contribution is -2.19. The number of aliphatic hydroxyl groups excluding tert-OH is 1. The van der Waals surface area contributed by atoms with Gasteiger partial charge in [-0.25, -0.2) is 0 Å². The summed E-state index contributed by atoms with van der Waals surface area (Å²) in [4.78, 5) is 0. The van der Waals surface area contributed by atoms with Crippen LogP contribution in [0.3, 0.4) is 0 Å². The number of halogens is 1. The first-order chi connectivity index (χ1) is 9.54. The summed E-state index contributed by atoms with van der Waals surface area (Å²) >= 11 is 3.59. The Morgan fingerprint density at radius 2 is 1.75 bits per heavy atom. The van der Waals surface area contributed by atoms with Gasteiger partial charge in [0.1, 0.15) is 11.9 Å². The third-order valence-corrected chi connectivity index (χ3v) is 4.42. The number of ether oxygens (including phenoxy) is 1. The largest absolute Gasteiger partial charge is 0.485 e. The lowest BCUT2D eigenvalue weighted by atomic mass is 9.94. The molecule has 0 saturated carbocycles. The molecule has 1 unspecified atom stereocenters. The molecule has 2 aromatic rings. The number of fused-ring (bicyclic) bond motifs is 1. The molecule has 0 amide bonds. The van der Waals surface area contributed by atoms with Crippen LogP contribution in [0.15, 0.2) is 40.9 Å². The van der Waals surface area contributed by atoms with E-state index in [0.29, 0.717) is 6.42 Å². The number of aliphatic hydroxyl groups is 1. The van der Waals surface area contributed by atoms with E-state index in [1.165, 1.54) is 5.56 Å². The first-order valence-corrected chi connectivity index (χ1v) is 7.55. The second-order valence-electron chi connectivity index (χ2n) is 5.42. The highest BCUT2D eigenvalue weighted by molar-refractivity contribution is 9.10. The van der Waals surface area contributed by atoms with Crippen molar-refractivity contribution in [3.05, 3.63) is 63.1 Å². The molecule has 0 fully saturated rings. The highest BCUT2D eigenvalue weighted by atomic mass is 79.9. The van der Waals surface area contributed by atoms with E-state index in [0.717, 1.165) is 26.9 Å². The maximum Gasteiger partial charge on any atom is 0.128 e. The Kier molecular flexibility index (Phi) is 3.57. The Morgan fingerprint density at radius 3 is 2.50 bits per heavy atom. The summed E-state index contributed by atoms with van der Waals surface area (Å²) in [5.74, 6) is 0.784. The van der Waals surface area contributed by atoms with E-state index in [1.54, 1.807) is 0 Å².